The summed E-state index contributed by atoms with van der Waals surface area (Å²) >= 11 is 0. The van der Waals surface area contributed by atoms with Crippen molar-refractivity contribution in [1.29, 1.82) is 0 Å². The summed E-state index contributed by atoms with van der Waals surface area (Å²) in [5.74, 6) is 1.15. The predicted molar refractivity (Wildman–Crippen MR) is 93.9 cm³/mol. The highest BCUT2D eigenvalue weighted by molar-refractivity contribution is 5.92. The molecule has 0 unspecified atom stereocenters. The first-order valence-corrected chi connectivity index (χ1v) is 8.64. The van der Waals surface area contributed by atoms with Gasteiger partial charge in [0.2, 0.25) is 0 Å². The standard InChI is InChI=1S/C19H27NO5/c1-12-6-5-7-15(13(12)2)20-18(21)11-25-19(22)14-8-9-16(23-3)17(10-14)24-4/h8-10,12-13,15H,5-7,11H2,1-4H3,(H,20,21)/t12-,13+,15-/m0/s1. The lowest BCUT2D eigenvalue weighted by Crippen LogP contribution is -2.45. The molecule has 3 atom stereocenters. The van der Waals surface area contributed by atoms with E-state index < -0.39 is 5.97 Å². The first-order chi connectivity index (χ1) is 12.0. The van der Waals surface area contributed by atoms with Crippen molar-refractivity contribution in [3.63, 3.8) is 0 Å². The van der Waals surface area contributed by atoms with E-state index >= 15 is 0 Å². The van der Waals surface area contributed by atoms with Crippen molar-refractivity contribution in [1.82, 2.24) is 5.32 Å². The largest absolute Gasteiger partial charge is 0.493 e. The molecule has 0 saturated heterocycles. The smallest absolute Gasteiger partial charge is 0.338 e. The van der Waals surface area contributed by atoms with Gasteiger partial charge in [-0.15, -0.1) is 0 Å². The van der Waals surface area contributed by atoms with Crippen LogP contribution in [0.15, 0.2) is 18.2 Å². The zero-order chi connectivity index (χ0) is 18.4. The van der Waals surface area contributed by atoms with Crippen LogP contribution in [0.5, 0.6) is 11.5 Å². The van der Waals surface area contributed by atoms with E-state index in [0.29, 0.717) is 28.9 Å². The molecule has 6 nitrogen and oxygen atoms in total. The van der Waals surface area contributed by atoms with Gasteiger partial charge in [-0.25, -0.2) is 4.79 Å². The number of hydrogen-bond acceptors (Lipinski definition) is 5. The molecule has 0 aliphatic heterocycles. The van der Waals surface area contributed by atoms with Gasteiger partial charge in [0.25, 0.3) is 5.91 Å². The Labute approximate surface area is 148 Å². The fourth-order valence-electron chi connectivity index (χ4n) is 3.21. The number of methoxy groups -OCH3 is 2. The number of ether oxygens (including phenoxy) is 3. The third kappa shape index (κ3) is 4.87. The van der Waals surface area contributed by atoms with E-state index in [1.165, 1.54) is 26.7 Å². The molecule has 1 aliphatic rings. The summed E-state index contributed by atoms with van der Waals surface area (Å²) in [5, 5.41) is 2.99. The normalized spacial score (nSPS) is 22.8. The number of hydrogen-bond donors (Lipinski definition) is 1. The average molecular weight is 349 g/mol. The fourth-order valence-corrected chi connectivity index (χ4v) is 3.21. The summed E-state index contributed by atoms with van der Waals surface area (Å²) in [6.07, 6.45) is 3.28. The Morgan fingerprint density at radius 2 is 1.84 bits per heavy atom. The van der Waals surface area contributed by atoms with E-state index in [1.807, 2.05) is 0 Å². The highest BCUT2D eigenvalue weighted by Crippen LogP contribution is 2.29. The number of carbonyl (C=O) groups is 2. The van der Waals surface area contributed by atoms with Crippen molar-refractivity contribution in [2.24, 2.45) is 11.8 Å². The van der Waals surface area contributed by atoms with Gasteiger partial charge in [-0.2, -0.15) is 0 Å². The molecule has 25 heavy (non-hydrogen) atoms. The Bertz CT molecular complexity index is 616. The number of rotatable bonds is 6. The van der Waals surface area contributed by atoms with Gasteiger partial charge < -0.3 is 19.5 Å². The summed E-state index contributed by atoms with van der Waals surface area (Å²) in [4.78, 5) is 24.2. The van der Waals surface area contributed by atoms with Crippen molar-refractivity contribution in [3.05, 3.63) is 23.8 Å². The molecule has 0 bridgehead atoms. The van der Waals surface area contributed by atoms with Gasteiger partial charge in [0.05, 0.1) is 19.8 Å². The van der Waals surface area contributed by atoms with Crippen LogP contribution < -0.4 is 14.8 Å². The zero-order valence-corrected chi connectivity index (χ0v) is 15.3. The molecule has 1 saturated carbocycles. The molecular weight excluding hydrogens is 322 g/mol. The third-order valence-electron chi connectivity index (χ3n) is 5.01. The molecule has 1 N–H and O–H groups in total. The van der Waals surface area contributed by atoms with Gasteiger partial charge >= 0.3 is 5.97 Å². The SMILES string of the molecule is COc1ccc(C(=O)OCC(=O)N[C@H]2CCC[C@H](C)[C@H]2C)cc1OC. The minimum atomic E-state index is -0.568. The molecular formula is C19H27NO5. The van der Waals surface area contributed by atoms with Gasteiger partial charge in [-0.3, -0.25) is 4.79 Å². The third-order valence-corrected chi connectivity index (χ3v) is 5.01. The molecule has 0 heterocycles. The van der Waals surface area contributed by atoms with Crippen molar-refractivity contribution >= 4 is 11.9 Å². The van der Waals surface area contributed by atoms with Gasteiger partial charge in [0, 0.05) is 6.04 Å². The highest BCUT2D eigenvalue weighted by atomic mass is 16.5. The van der Waals surface area contributed by atoms with Crippen LogP contribution in [0.3, 0.4) is 0 Å². The molecule has 6 heteroatoms. The molecule has 0 aromatic heterocycles. The van der Waals surface area contributed by atoms with Crippen molar-refractivity contribution in [3.8, 4) is 11.5 Å². The quantitative estimate of drug-likeness (QED) is 0.800. The monoisotopic (exact) mass is 349 g/mol. The number of carbonyl (C=O) groups excluding carboxylic acids is 2. The molecule has 0 spiro atoms. The topological polar surface area (TPSA) is 73.9 Å². The number of esters is 1. The maximum Gasteiger partial charge on any atom is 0.338 e. The molecule has 1 aromatic carbocycles. The van der Waals surface area contributed by atoms with Gasteiger partial charge in [-0.05, 0) is 36.5 Å². The van der Waals surface area contributed by atoms with E-state index in [0.717, 1.165) is 12.8 Å². The zero-order valence-electron chi connectivity index (χ0n) is 15.3. The summed E-state index contributed by atoms with van der Waals surface area (Å²) < 4.78 is 15.4. The Balaban J connectivity index is 1.88. The van der Waals surface area contributed by atoms with Gasteiger partial charge in [0.1, 0.15) is 0 Å². The number of benzene rings is 1. The van der Waals surface area contributed by atoms with Crippen LogP contribution in [-0.2, 0) is 9.53 Å². The minimum Gasteiger partial charge on any atom is -0.493 e. The Hall–Kier alpha value is -2.24. The Morgan fingerprint density at radius 3 is 2.52 bits per heavy atom. The van der Waals surface area contributed by atoms with Crippen LogP contribution in [0.1, 0.15) is 43.5 Å². The average Bonchev–Trinajstić information content (AvgIpc) is 2.62. The first-order valence-electron chi connectivity index (χ1n) is 8.64. The minimum absolute atomic E-state index is 0.149. The summed E-state index contributed by atoms with van der Waals surface area (Å²) in [5.41, 5.74) is 0.310. The second-order valence-electron chi connectivity index (χ2n) is 6.59. The van der Waals surface area contributed by atoms with Crippen molar-refractivity contribution in [2.45, 2.75) is 39.2 Å². The van der Waals surface area contributed by atoms with E-state index in [1.54, 1.807) is 12.1 Å². The molecule has 1 aromatic rings. The first kappa shape index (κ1) is 19.1. The van der Waals surface area contributed by atoms with Crippen molar-refractivity contribution < 1.29 is 23.8 Å². The highest BCUT2D eigenvalue weighted by Gasteiger charge is 2.28. The van der Waals surface area contributed by atoms with Crippen LogP contribution in [0, 0.1) is 11.8 Å². The molecule has 1 amide bonds. The summed E-state index contributed by atoms with van der Waals surface area (Å²) in [7, 11) is 3.01. The van der Waals surface area contributed by atoms with Gasteiger partial charge in [0.15, 0.2) is 18.1 Å². The second kappa shape index (κ2) is 8.74. The predicted octanol–water partition coefficient (Wildman–Crippen LogP) is 2.80. The lowest BCUT2D eigenvalue weighted by Gasteiger charge is -2.34. The number of nitrogens with one attached hydrogen (secondary N) is 1. The molecule has 0 radical (unpaired) electrons. The molecule has 1 aliphatic carbocycles. The van der Waals surface area contributed by atoms with Crippen LogP contribution in [-0.4, -0.2) is 38.7 Å². The van der Waals surface area contributed by atoms with Crippen molar-refractivity contribution in [2.75, 3.05) is 20.8 Å². The van der Waals surface area contributed by atoms with E-state index in [-0.39, 0.29) is 18.6 Å². The lowest BCUT2D eigenvalue weighted by molar-refractivity contribution is -0.125. The maximum absolute atomic E-state index is 12.1. The Morgan fingerprint density at radius 1 is 1.12 bits per heavy atom. The second-order valence-corrected chi connectivity index (χ2v) is 6.59. The van der Waals surface area contributed by atoms with Crippen LogP contribution in [0.25, 0.3) is 0 Å². The van der Waals surface area contributed by atoms with Crippen LogP contribution >= 0.6 is 0 Å². The fraction of sp³-hybridized carbons (Fsp3) is 0.579. The van der Waals surface area contributed by atoms with Crippen LogP contribution in [0.2, 0.25) is 0 Å². The Kier molecular flexibility index (Phi) is 6.67. The molecule has 1 fully saturated rings. The summed E-state index contributed by atoms with van der Waals surface area (Å²) in [6.45, 7) is 4.08. The van der Waals surface area contributed by atoms with Crippen LogP contribution in [0.4, 0.5) is 0 Å². The molecule has 138 valence electrons. The van der Waals surface area contributed by atoms with Gasteiger partial charge in [-0.1, -0.05) is 26.7 Å². The van der Waals surface area contributed by atoms with E-state index in [9.17, 15) is 9.59 Å². The summed E-state index contributed by atoms with van der Waals surface area (Å²) in [6, 6.07) is 4.88. The van der Waals surface area contributed by atoms with E-state index in [2.05, 4.69) is 19.2 Å². The lowest BCUT2D eigenvalue weighted by atomic mass is 9.78. The number of amides is 1. The van der Waals surface area contributed by atoms with E-state index in [4.69, 9.17) is 14.2 Å². The molecule has 2 rings (SSSR count). The maximum atomic E-state index is 12.1.